The Balaban J connectivity index is 1.76. The van der Waals surface area contributed by atoms with Gasteiger partial charge in [-0.1, -0.05) is 28.8 Å². The van der Waals surface area contributed by atoms with Crippen LogP contribution in [0.4, 0.5) is 10.2 Å². The summed E-state index contributed by atoms with van der Waals surface area (Å²) in [6, 6.07) is 8.45. The summed E-state index contributed by atoms with van der Waals surface area (Å²) in [5.41, 5.74) is 1.72. The number of nitrogens with zero attached hydrogens (tertiary/aromatic N) is 4. The topological polar surface area (TPSA) is 62.5 Å². The van der Waals surface area contributed by atoms with Crippen molar-refractivity contribution in [3.05, 3.63) is 46.3 Å². The van der Waals surface area contributed by atoms with Crippen LogP contribution in [0.2, 0.25) is 0 Å². The van der Waals surface area contributed by atoms with Gasteiger partial charge in [0.25, 0.3) is 5.91 Å². The molecule has 0 radical (unpaired) electrons. The minimum atomic E-state index is -0.372. The molecule has 0 bridgehead atoms. The quantitative estimate of drug-likeness (QED) is 0.613. The fourth-order valence-electron chi connectivity index (χ4n) is 3.81. The predicted octanol–water partition coefficient (Wildman–Crippen LogP) is 4.74. The molecule has 2 aromatic heterocycles. The molecule has 1 unspecified atom stereocenters. The summed E-state index contributed by atoms with van der Waals surface area (Å²) in [7, 11) is 1.76. The molecule has 0 saturated carbocycles. The molecule has 1 atom stereocenters. The summed E-state index contributed by atoms with van der Waals surface area (Å²) in [6.45, 7) is 2.84. The Morgan fingerprint density at radius 2 is 2.07 bits per heavy atom. The van der Waals surface area contributed by atoms with Crippen LogP contribution in [0.5, 0.6) is 0 Å². The molecule has 6 nitrogen and oxygen atoms in total. The van der Waals surface area contributed by atoms with Crippen molar-refractivity contribution < 1.29 is 9.18 Å². The number of aromatic nitrogens is 3. The van der Waals surface area contributed by atoms with Gasteiger partial charge in [0, 0.05) is 41.8 Å². The minimum Gasteiger partial charge on any atom is -0.373 e. The molecule has 1 aliphatic rings. The number of benzene rings is 1. The lowest BCUT2D eigenvalue weighted by Crippen LogP contribution is -2.38. The monoisotopic (exact) mass is 459 g/mol. The average Bonchev–Trinajstić information content (AvgIpc) is 3.01. The molecule has 3 aromatic rings. The second-order valence-electron chi connectivity index (χ2n) is 7.40. The molecule has 0 aliphatic carbocycles. The Bertz CT molecular complexity index is 1070. The number of halogens is 2. The van der Waals surface area contributed by atoms with E-state index >= 15 is 0 Å². The maximum Gasteiger partial charge on any atom is 0.272 e. The van der Waals surface area contributed by atoms with E-state index in [1.165, 1.54) is 6.07 Å². The first kappa shape index (κ1) is 19.8. The number of amides is 1. The summed E-state index contributed by atoms with van der Waals surface area (Å²) in [5, 5.41) is 7.57. The molecule has 3 heterocycles. The van der Waals surface area contributed by atoms with Crippen molar-refractivity contribution in [1.82, 2.24) is 19.5 Å². The van der Waals surface area contributed by atoms with Gasteiger partial charge in [0.1, 0.15) is 17.3 Å². The van der Waals surface area contributed by atoms with E-state index in [1.807, 2.05) is 4.90 Å². The molecule has 0 spiro atoms. The predicted molar refractivity (Wildman–Crippen MR) is 115 cm³/mol. The molecule has 1 amide bonds. The number of hydrogen-bond donors (Lipinski definition) is 1. The smallest absolute Gasteiger partial charge is 0.272 e. The van der Waals surface area contributed by atoms with Crippen molar-refractivity contribution in [1.29, 1.82) is 0 Å². The molecule has 29 heavy (non-hydrogen) atoms. The molecule has 4 rings (SSSR count). The molecule has 1 saturated heterocycles. The SMILES string of the molecule is CNc1cc(C(=O)N2CCCCCC2C)nc2cc(-c3ccc(Br)cc3F)nn12. The van der Waals surface area contributed by atoms with Crippen molar-refractivity contribution in [3.8, 4) is 11.3 Å². The highest BCUT2D eigenvalue weighted by molar-refractivity contribution is 9.10. The number of rotatable bonds is 3. The Morgan fingerprint density at radius 3 is 2.83 bits per heavy atom. The second kappa shape index (κ2) is 8.10. The van der Waals surface area contributed by atoms with E-state index in [2.05, 4.69) is 38.3 Å². The first-order valence-electron chi connectivity index (χ1n) is 9.83. The van der Waals surface area contributed by atoms with Crippen LogP contribution in [0.15, 0.2) is 34.8 Å². The molecule has 8 heteroatoms. The van der Waals surface area contributed by atoms with Crippen molar-refractivity contribution in [2.24, 2.45) is 0 Å². The number of anilines is 1. The molecule has 152 valence electrons. The third kappa shape index (κ3) is 3.85. The lowest BCUT2D eigenvalue weighted by Gasteiger charge is -2.27. The second-order valence-corrected chi connectivity index (χ2v) is 8.31. The number of nitrogens with one attached hydrogen (secondary N) is 1. The van der Waals surface area contributed by atoms with Gasteiger partial charge in [-0.3, -0.25) is 4.79 Å². The summed E-state index contributed by atoms with van der Waals surface area (Å²) >= 11 is 3.27. The number of fused-ring (bicyclic) bond motifs is 1. The third-order valence-electron chi connectivity index (χ3n) is 5.42. The zero-order valence-electron chi connectivity index (χ0n) is 16.5. The van der Waals surface area contributed by atoms with E-state index in [0.717, 1.165) is 32.2 Å². The van der Waals surface area contributed by atoms with Crippen LogP contribution in [-0.2, 0) is 0 Å². The van der Waals surface area contributed by atoms with Crippen LogP contribution in [0.25, 0.3) is 16.9 Å². The molecule has 1 aromatic carbocycles. The standard InChI is InChI=1S/C21H23BrFN5O/c1-13-6-4-3-5-9-27(13)21(29)18-12-19(24-2)28-20(25-18)11-17(26-28)15-8-7-14(22)10-16(15)23/h7-8,10-13,24H,3-6,9H2,1-2H3. The highest BCUT2D eigenvalue weighted by Gasteiger charge is 2.25. The largest absolute Gasteiger partial charge is 0.373 e. The normalized spacial score (nSPS) is 17.4. The van der Waals surface area contributed by atoms with Crippen LogP contribution >= 0.6 is 15.9 Å². The van der Waals surface area contributed by atoms with Gasteiger partial charge < -0.3 is 10.2 Å². The van der Waals surface area contributed by atoms with Gasteiger partial charge in [-0.05, 0) is 38.0 Å². The van der Waals surface area contributed by atoms with E-state index in [4.69, 9.17) is 0 Å². The Hall–Kier alpha value is -2.48. The van der Waals surface area contributed by atoms with Gasteiger partial charge in [-0.2, -0.15) is 9.61 Å². The van der Waals surface area contributed by atoms with Crippen molar-refractivity contribution >= 4 is 33.3 Å². The summed E-state index contributed by atoms with van der Waals surface area (Å²) in [6.07, 6.45) is 4.31. The summed E-state index contributed by atoms with van der Waals surface area (Å²) < 4.78 is 16.7. The van der Waals surface area contributed by atoms with Gasteiger partial charge in [0.15, 0.2) is 5.65 Å². The van der Waals surface area contributed by atoms with Gasteiger partial charge in [0.05, 0.1) is 5.69 Å². The first-order chi connectivity index (χ1) is 14.0. The Labute approximate surface area is 177 Å². The molecular formula is C21H23BrFN5O. The zero-order chi connectivity index (χ0) is 20.5. The van der Waals surface area contributed by atoms with Gasteiger partial charge in [-0.15, -0.1) is 0 Å². The van der Waals surface area contributed by atoms with Gasteiger partial charge in [0.2, 0.25) is 0 Å². The summed E-state index contributed by atoms with van der Waals surface area (Å²) in [4.78, 5) is 19.7. The fourth-order valence-corrected chi connectivity index (χ4v) is 4.15. The minimum absolute atomic E-state index is 0.0732. The third-order valence-corrected chi connectivity index (χ3v) is 5.92. The Kier molecular flexibility index (Phi) is 5.54. The van der Waals surface area contributed by atoms with Crippen LogP contribution in [0, 0.1) is 5.82 Å². The van der Waals surface area contributed by atoms with Crippen LogP contribution < -0.4 is 5.32 Å². The van der Waals surface area contributed by atoms with Crippen molar-refractivity contribution in [3.63, 3.8) is 0 Å². The zero-order valence-corrected chi connectivity index (χ0v) is 18.0. The number of carbonyl (C=O) groups is 1. The highest BCUT2D eigenvalue weighted by Crippen LogP contribution is 2.27. The van der Waals surface area contributed by atoms with Gasteiger partial charge in [-0.25, -0.2) is 9.37 Å². The van der Waals surface area contributed by atoms with Crippen LogP contribution in [0.1, 0.15) is 43.1 Å². The number of likely N-dealkylation sites (tertiary alicyclic amines) is 1. The fraction of sp³-hybridized carbons (Fsp3) is 0.381. The Morgan fingerprint density at radius 1 is 1.24 bits per heavy atom. The first-order valence-corrected chi connectivity index (χ1v) is 10.6. The van der Waals surface area contributed by atoms with E-state index in [9.17, 15) is 9.18 Å². The molecule has 1 fully saturated rings. The lowest BCUT2D eigenvalue weighted by molar-refractivity contribution is 0.0692. The maximum absolute atomic E-state index is 14.4. The molecular weight excluding hydrogens is 437 g/mol. The lowest BCUT2D eigenvalue weighted by atomic mass is 10.1. The molecule has 1 aliphatic heterocycles. The van der Waals surface area contributed by atoms with Crippen molar-refractivity contribution in [2.75, 3.05) is 18.9 Å². The molecule has 1 N–H and O–H groups in total. The number of carbonyl (C=O) groups excluding carboxylic acids is 1. The highest BCUT2D eigenvalue weighted by atomic mass is 79.9. The van der Waals surface area contributed by atoms with Crippen LogP contribution in [-0.4, -0.2) is 45.0 Å². The average molecular weight is 460 g/mol. The maximum atomic E-state index is 14.4. The van der Waals surface area contributed by atoms with Crippen LogP contribution in [0.3, 0.4) is 0 Å². The van der Waals surface area contributed by atoms with E-state index in [0.29, 0.717) is 32.9 Å². The summed E-state index contributed by atoms with van der Waals surface area (Å²) in [5.74, 6) is 0.184. The van der Waals surface area contributed by atoms with Gasteiger partial charge >= 0.3 is 0 Å². The van der Waals surface area contributed by atoms with E-state index < -0.39 is 0 Å². The van der Waals surface area contributed by atoms with E-state index in [1.54, 1.807) is 35.8 Å². The number of hydrogen-bond acceptors (Lipinski definition) is 4. The van der Waals surface area contributed by atoms with Crippen molar-refractivity contribution in [2.45, 2.75) is 38.6 Å². The van der Waals surface area contributed by atoms with E-state index in [-0.39, 0.29) is 17.8 Å².